The number of aromatic amines is 1. The Morgan fingerprint density at radius 1 is 1.20 bits per heavy atom. The Kier molecular flexibility index (Phi) is 3.35. The average Bonchev–Trinajstić information content (AvgIpc) is 3.08. The van der Waals surface area contributed by atoms with Crippen molar-refractivity contribution in [1.82, 2.24) is 9.97 Å². The number of aliphatic hydroxyl groups excluding tert-OH is 1. The molecule has 2 aromatic carbocycles. The van der Waals surface area contributed by atoms with Crippen LogP contribution < -0.4 is 4.90 Å². The number of fused-ring (bicyclic) bond motifs is 1. The van der Waals surface area contributed by atoms with Gasteiger partial charge in [-0.05, 0) is 55.3 Å². The molecule has 0 aliphatic carbocycles. The molecule has 4 rings (SSSR count). The van der Waals surface area contributed by atoms with E-state index < -0.39 is 0 Å². The second kappa shape index (κ2) is 5.44. The van der Waals surface area contributed by atoms with E-state index in [1.54, 1.807) is 17.0 Å². The fraction of sp³-hybridized carbons (Fsp3) is 0.158. The molecular formula is C19H17FN4O. The largest absolute Gasteiger partial charge is 0.509 e. The molecule has 0 saturated heterocycles. The third-order valence-electron chi connectivity index (χ3n) is 4.56. The first kappa shape index (κ1) is 15.4. The van der Waals surface area contributed by atoms with Gasteiger partial charge >= 0.3 is 0 Å². The number of hydrogen-bond acceptors (Lipinski definition) is 3. The number of nitrogens with one attached hydrogen (secondary N) is 2. The van der Waals surface area contributed by atoms with Crippen LogP contribution in [-0.2, 0) is 0 Å². The van der Waals surface area contributed by atoms with Crippen LogP contribution in [0.15, 0.2) is 42.2 Å². The van der Waals surface area contributed by atoms with Crippen LogP contribution in [0.3, 0.4) is 0 Å². The predicted molar refractivity (Wildman–Crippen MR) is 96.6 cm³/mol. The maximum atomic E-state index is 13.5. The molecule has 0 radical (unpaired) electrons. The van der Waals surface area contributed by atoms with Gasteiger partial charge in [-0.25, -0.2) is 9.37 Å². The van der Waals surface area contributed by atoms with Crippen molar-refractivity contribution in [2.24, 2.45) is 0 Å². The number of rotatable bonds is 2. The van der Waals surface area contributed by atoms with E-state index in [1.165, 1.54) is 12.1 Å². The van der Waals surface area contributed by atoms with Gasteiger partial charge in [0.2, 0.25) is 0 Å². The molecule has 0 atom stereocenters. The third kappa shape index (κ3) is 2.46. The number of benzene rings is 2. The van der Waals surface area contributed by atoms with Crippen molar-refractivity contribution in [2.75, 3.05) is 11.4 Å². The first-order valence-corrected chi connectivity index (χ1v) is 7.95. The maximum absolute atomic E-state index is 13.5. The van der Waals surface area contributed by atoms with Gasteiger partial charge in [0.05, 0.1) is 23.2 Å². The third-order valence-corrected chi connectivity index (χ3v) is 4.56. The van der Waals surface area contributed by atoms with Gasteiger partial charge in [-0.2, -0.15) is 0 Å². The Balaban J connectivity index is 1.75. The lowest BCUT2D eigenvalue weighted by molar-refractivity contribution is 0.411. The molecule has 3 aromatic rings. The van der Waals surface area contributed by atoms with Gasteiger partial charge in [0.1, 0.15) is 23.2 Å². The molecule has 0 spiro atoms. The first-order chi connectivity index (χ1) is 11.9. The van der Waals surface area contributed by atoms with Crippen molar-refractivity contribution in [2.45, 2.75) is 13.8 Å². The summed E-state index contributed by atoms with van der Waals surface area (Å²) in [6, 6.07) is 9.96. The molecule has 25 heavy (non-hydrogen) atoms. The fourth-order valence-corrected chi connectivity index (χ4v) is 3.08. The van der Waals surface area contributed by atoms with Crippen molar-refractivity contribution in [3.8, 4) is 0 Å². The zero-order valence-corrected chi connectivity index (χ0v) is 13.9. The van der Waals surface area contributed by atoms with Crippen LogP contribution in [0, 0.1) is 25.1 Å². The summed E-state index contributed by atoms with van der Waals surface area (Å²) in [4.78, 5) is 9.26. The molecular weight excluding hydrogens is 319 g/mol. The molecule has 1 aliphatic rings. The van der Waals surface area contributed by atoms with E-state index in [1.807, 2.05) is 26.0 Å². The second-order valence-corrected chi connectivity index (χ2v) is 6.28. The topological polar surface area (TPSA) is 76.0 Å². The molecule has 2 heterocycles. The van der Waals surface area contributed by atoms with Gasteiger partial charge in [0, 0.05) is 5.69 Å². The molecule has 126 valence electrons. The van der Waals surface area contributed by atoms with E-state index in [4.69, 9.17) is 5.41 Å². The normalized spacial score (nSPS) is 14.8. The second-order valence-electron chi connectivity index (χ2n) is 6.28. The van der Waals surface area contributed by atoms with Crippen LogP contribution in [-0.4, -0.2) is 27.5 Å². The summed E-state index contributed by atoms with van der Waals surface area (Å²) in [6.45, 7) is 4.16. The minimum Gasteiger partial charge on any atom is -0.509 e. The van der Waals surface area contributed by atoms with E-state index in [-0.39, 0.29) is 24.0 Å². The number of hydrogen-bond donors (Lipinski definition) is 3. The highest BCUT2D eigenvalue weighted by molar-refractivity contribution is 6.30. The molecule has 0 amide bonds. The predicted octanol–water partition coefficient (Wildman–Crippen LogP) is 4.09. The Bertz CT molecular complexity index is 1010. The maximum Gasteiger partial charge on any atom is 0.145 e. The summed E-state index contributed by atoms with van der Waals surface area (Å²) in [5.74, 6) is 0.201. The summed E-state index contributed by atoms with van der Waals surface area (Å²) in [5, 5.41) is 18.8. The minimum atomic E-state index is -0.382. The number of halogens is 1. The molecule has 0 unspecified atom stereocenters. The smallest absolute Gasteiger partial charge is 0.145 e. The highest BCUT2D eigenvalue weighted by atomic mass is 19.1. The van der Waals surface area contributed by atoms with E-state index in [0.717, 1.165) is 22.2 Å². The molecule has 3 N–H and O–H groups in total. The summed E-state index contributed by atoms with van der Waals surface area (Å²) in [5.41, 5.74) is 4.78. The number of aliphatic hydroxyl groups is 1. The SMILES string of the molecule is Cc1cc2nc(C3=C(O)CN(c4cccc(F)c4)C3=N)[nH]c2cc1C. The lowest BCUT2D eigenvalue weighted by Crippen LogP contribution is -2.26. The Labute approximate surface area is 143 Å². The number of aryl methyl sites for hydroxylation is 2. The van der Waals surface area contributed by atoms with Crippen LogP contribution in [0.2, 0.25) is 0 Å². The summed E-state index contributed by atoms with van der Waals surface area (Å²) < 4.78 is 13.5. The monoisotopic (exact) mass is 336 g/mol. The molecule has 0 saturated carbocycles. The molecule has 6 heteroatoms. The first-order valence-electron chi connectivity index (χ1n) is 7.95. The number of aromatic nitrogens is 2. The van der Waals surface area contributed by atoms with Gasteiger partial charge in [-0.15, -0.1) is 0 Å². The highest BCUT2D eigenvalue weighted by Crippen LogP contribution is 2.31. The van der Waals surface area contributed by atoms with E-state index in [9.17, 15) is 9.50 Å². The molecule has 1 aliphatic heterocycles. The van der Waals surface area contributed by atoms with Crippen molar-refractivity contribution in [1.29, 1.82) is 5.41 Å². The standard InChI is InChI=1S/C19H17FN4O/c1-10-6-14-15(7-11(10)2)23-19(22-14)17-16(25)9-24(18(17)21)13-5-3-4-12(20)8-13/h3-8,21,25H,9H2,1-2H3,(H,22,23). The van der Waals surface area contributed by atoms with Gasteiger partial charge in [0.15, 0.2) is 0 Å². The lowest BCUT2D eigenvalue weighted by Gasteiger charge is -2.18. The molecule has 0 bridgehead atoms. The van der Waals surface area contributed by atoms with Gasteiger partial charge in [0.25, 0.3) is 0 Å². The number of H-pyrrole nitrogens is 1. The van der Waals surface area contributed by atoms with Gasteiger partial charge < -0.3 is 15.0 Å². The fourth-order valence-electron chi connectivity index (χ4n) is 3.08. The lowest BCUT2D eigenvalue weighted by atomic mass is 10.1. The average molecular weight is 336 g/mol. The number of imidazole rings is 1. The number of nitrogens with zero attached hydrogens (tertiary/aromatic N) is 2. The van der Waals surface area contributed by atoms with Crippen LogP contribution in [0.1, 0.15) is 17.0 Å². The Hall–Kier alpha value is -3.15. The number of amidine groups is 1. The van der Waals surface area contributed by atoms with Crippen LogP contribution in [0.5, 0.6) is 0 Å². The van der Waals surface area contributed by atoms with Crippen molar-refractivity contribution >= 4 is 28.1 Å². The summed E-state index contributed by atoms with van der Waals surface area (Å²) in [6.07, 6.45) is 0. The molecule has 1 aromatic heterocycles. The van der Waals surface area contributed by atoms with Crippen molar-refractivity contribution in [3.05, 3.63) is 64.9 Å². The minimum absolute atomic E-state index is 0.0433. The summed E-state index contributed by atoms with van der Waals surface area (Å²) >= 11 is 0. The quantitative estimate of drug-likeness (QED) is 0.660. The van der Waals surface area contributed by atoms with E-state index in [2.05, 4.69) is 9.97 Å². The Morgan fingerprint density at radius 3 is 2.72 bits per heavy atom. The van der Waals surface area contributed by atoms with Gasteiger partial charge in [-0.3, -0.25) is 5.41 Å². The zero-order valence-electron chi connectivity index (χ0n) is 13.9. The van der Waals surface area contributed by atoms with E-state index >= 15 is 0 Å². The van der Waals surface area contributed by atoms with Crippen LogP contribution in [0.4, 0.5) is 10.1 Å². The molecule has 5 nitrogen and oxygen atoms in total. The summed E-state index contributed by atoms with van der Waals surface area (Å²) in [7, 11) is 0. The zero-order chi connectivity index (χ0) is 17.7. The van der Waals surface area contributed by atoms with E-state index in [0.29, 0.717) is 17.1 Å². The van der Waals surface area contributed by atoms with Gasteiger partial charge in [-0.1, -0.05) is 6.07 Å². The number of anilines is 1. The van der Waals surface area contributed by atoms with Crippen molar-refractivity contribution < 1.29 is 9.50 Å². The van der Waals surface area contributed by atoms with Crippen molar-refractivity contribution in [3.63, 3.8) is 0 Å². The Morgan fingerprint density at radius 2 is 1.96 bits per heavy atom. The van der Waals surface area contributed by atoms with Crippen LogP contribution >= 0.6 is 0 Å². The van der Waals surface area contributed by atoms with Crippen LogP contribution in [0.25, 0.3) is 16.6 Å². The molecule has 0 fully saturated rings. The highest BCUT2D eigenvalue weighted by Gasteiger charge is 2.31.